The predicted octanol–water partition coefficient (Wildman–Crippen LogP) is 0.723. The van der Waals surface area contributed by atoms with E-state index in [1.54, 1.807) is 0 Å². The summed E-state index contributed by atoms with van der Waals surface area (Å²) in [5.74, 6) is -0.156. The summed E-state index contributed by atoms with van der Waals surface area (Å²) in [6.45, 7) is 5.89. The maximum atomic E-state index is 12.4. The van der Waals surface area contributed by atoms with Gasteiger partial charge in [0.25, 0.3) is 5.56 Å². The third-order valence-corrected chi connectivity index (χ3v) is 5.42. The number of aromatic amines is 1. The van der Waals surface area contributed by atoms with Gasteiger partial charge in [0.1, 0.15) is 12.3 Å². The van der Waals surface area contributed by atoms with E-state index in [1.807, 2.05) is 39.0 Å². The first kappa shape index (κ1) is 21.0. The summed E-state index contributed by atoms with van der Waals surface area (Å²) in [6, 6.07) is 5.89. The van der Waals surface area contributed by atoms with E-state index in [0.29, 0.717) is 12.0 Å². The molecule has 0 spiro atoms. The molecule has 29 heavy (non-hydrogen) atoms. The van der Waals surface area contributed by atoms with Crippen LogP contribution in [0.2, 0.25) is 0 Å². The number of aryl methyl sites for hydroxylation is 3. The van der Waals surface area contributed by atoms with Gasteiger partial charge in [-0.15, -0.1) is 0 Å². The van der Waals surface area contributed by atoms with Crippen LogP contribution in [0.3, 0.4) is 0 Å². The Morgan fingerprint density at radius 3 is 2.66 bits per heavy atom. The molecule has 8 nitrogen and oxygen atoms in total. The Bertz CT molecular complexity index is 990. The van der Waals surface area contributed by atoms with Gasteiger partial charge in [-0.3, -0.25) is 19.1 Å². The molecular weight excluding hydrogens is 374 g/mol. The van der Waals surface area contributed by atoms with Gasteiger partial charge in [-0.2, -0.15) is 0 Å². The van der Waals surface area contributed by atoms with E-state index in [2.05, 4.69) is 10.3 Å². The second kappa shape index (κ2) is 8.75. The number of hydrogen-bond acceptors (Lipinski definition) is 5. The van der Waals surface area contributed by atoms with E-state index < -0.39 is 29.7 Å². The van der Waals surface area contributed by atoms with E-state index in [4.69, 9.17) is 4.74 Å². The summed E-state index contributed by atoms with van der Waals surface area (Å²) in [5.41, 5.74) is 2.57. The van der Waals surface area contributed by atoms with Crippen molar-refractivity contribution >= 4 is 5.91 Å². The molecule has 0 unspecified atom stereocenters. The Hall–Kier alpha value is -2.71. The van der Waals surface area contributed by atoms with Gasteiger partial charge < -0.3 is 15.2 Å². The molecule has 1 aromatic carbocycles. The molecule has 3 N–H and O–H groups in total. The average Bonchev–Trinajstić information content (AvgIpc) is 3.03. The molecule has 1 saturated heterocycles. The van der Waals surface area contributed by atoms with E-state index in [9.17, 15) is 19.5 Å². The largest absolute Gasteiger partial charge is 0.390 e. The SMILES string of the molecule is CCc1cn([C@H]2C[C@H](O)[C@@H](CNC(=O)Cc3c(C)cccc3C)O2)c(=O)[nH]c1=O. The summed E-state index contributed by atoms with van der Waals surface area (Å²) >= 11 is 0. The average molecular weight is 401 g/mol. The molecule has 0 saturated carbocycles. The van der Waals surface area contributed by atoms with Crippen LogP contribution in [0.15, 0.2) is 34.0 Å². The lowest BCUT2D eigenvalue weighted by molar-refractivity contribution is -0.121. The molecule has 8 heteroatoms. The fraction of sp³-hybridized carbons (Fsp3) is 0.476. The van der Waals surface area contributed by atoms with Gasteiger partial charge in [0.2, 0.25) is 5.91 Å². The van der Waals surface area contributed by atoms with Gasteiger partial charge in [-0.05, 0) is 37.0 Å². The number of aliphatic hydroxyl groups excluding tert-OH is 1. The molecule has 1 fully saturated rings. The number of nitrogens with zero attached hydrogens (tertiary/aromatic N) is 1. The van der Waals surface area contributed by atoms with Gasteiger partial charge in [0.15, 0.2) is 0 Å². The summed E-state index contributed by atoms with van der Waals surface area (Å²) in [6.07, 6.45) is 0.245. The number of nitrogens with one attached hydrogen (secondary N) is 2. The van der Waals surface area contributed by atoms with Crippen LogP contribution in [0.25, 0.3) is 0 Å². The standard InChI is InChI=1S/C21H27N3O5/c1-4-14-11-24(21(28)23-20(14)27)19-9-16(25)17(29-19)10-22-18(26)8-15-12(2)6-5-7-13(15)3/h5-7,11,16-17,19,25H,4,8-10H2,1-3H3,(H,22,26)(H,23,27,28)/t16-,17+,19+/m0/s1. The van der Waals surface area contributed by atoms with Gasteiger partial charge in [-0.1, -0.05) is 25.1 Å². The van der Waals surface area contributed by atoms with Crippen LogP contribution in [0.5, 0.6) is 0 Å². The lowest BCUT2D eigenvalue weighted by Gasteiger charge is -2.17. The molecule has 3 atom stereocenters. The van der Waals surface area contributed by atoms with Gasteiger partial charge in [-0.25, -0.2) is 4.79 Å². The summed E-state index contributed by atoms with van der Waals surface area (Å²) < 4.78 is 7.10. The summed E-state index contributed by atoms with van der Waals surface area (Å²) in [4.78, 5) is 38.5. The van der Waals surface area contributed by atoms with Crippen molar-refractivity contribution in [3.05, 3.63) is 67.5 Å². The fourth-order valence-corrected chi connectivity index (χ4v) is 3.63. The number of carbonyl (C=O) groups is 1. The molecule has 1 aliphatic rings. The molecule has 0 radical (unpaired) electrons. The van der Waals surface area contributed by atoms with Crippen molar-refractivity contribution in [3.63, 3.8) is 0 Å². The number of aromatic nitrogens is 2. The zero-order valence-electron chi connectivity index (χ0n) is 16.9. The van der Waals surface area contributed by atoms with Gasteiger partial charge >= 0.3 is 5.69 Å². The molecule has 0 aliphatic carbocycles. The number of rotatable bonds is 6. The Kier molecular flexibility index (Phi) is 6.34. The maximum absolute atomic E-state index is 12.4. The van der Waals surface area contributed by atoms with Crippen molar-refractivity contribution in [1.82, 2.24) is 14.9 Å². The Labute approximate surface area is 168 Å². The number of amides is 1. The predicted molar refractivity (Wildman–Crippen MR) is 108 cm³/mol. The quantitative estimate of drug-likeness (QED) is 0.660. The summed E-state index contributed by atoms with van der Waals surface area (Å²) in [5, 5.41) is 13.1. The minimum absolute atomic E-state index is 0.139. The van der Waals surface area contributed by atoms with Crippen molar-refractivity contribution in [3.8, 4) is 0 Å². The second-order valence-corrected chi connectivity index (χ2v) is 7.46. The van der Waals surface area contributed by atoms with Crippen LogP contribution in [-0.4, -0.2) is 39.3 Å². The number of ether oxygens (including phenoxy) is 1. The molecule has 2 aromatic rings. The Balaban J connectivity index is 1.63. The van der Waals surface area contributed by atoms with Crippen molar-refractivity contribution < 1.29 is 14.6 Å². The molecule has 2 heterocycles. The molecule has 0 bridgehead atoms. The lowest BCUT2D eigenvalue weighted by atomic mass is 10.00. The first-order valence-corrected chi connectivity index (χ1v) is 9.79. The molecular formula is C21H27N3O5. The first-order valence-electron chi connectivity index (χ1n) is 9.79. The third kappa shape index (κ3) is 4.65. The number of hydrogen-bond donors (Lipinski definition) is 3. The molecule has 1 amide bonds. The van der Waals surface area contributed by atoms with E-state index in [-0.39, 0.29) is 25.3 Å². The minimum atomic E-state index is -0.829. The fourth-order valence-electron chi connectivity index (χ4n) is 3.63. The number of carbonyl (C=O) groups excluding carboxylic acids is 1. The molecule has 1 aliphatic heterocycles. The summed E-state index contributed by atoms with van der Waals surface area (Å²) in [7, 11) is 0. The highest BCUT2D eigenvalue weighted by Gasteiger charge is 2.35. The topological polar surface area (TPSA) is 113 Å². The molecule has 156 valence electrons. The van der Waals surface area contributed by atoms with Crippen molar-refractivity contribution in [2.45, 2.75) is 58.5 Å². The van der Waals surface area contributed by atoms with Crippen LogP contribution in [-0.2, 0) is 22.4 Å². The number of benzene rings is 1. The lowest BCUT2D eigenvalue weighted by Crippen LogP contribution is -2.38. The zero-order chi connectivity index (χ0) is 21.1. The number of H-pyrrole nitrogens is 1. The maximum Gasteiger partial charge on any atom is 0.330 e. The first-order chi connectivity index (χ1) is 13.8. The van der Waals surface area contributed by atoms with Gasteiger partial charge in [0.05, 0.1) is 12.5 Å². The second-order valence-electron chi connectivity index (χ2n) is 7.46. The van der Waals surface area contributed by atoms with Gasteiger partial charge in [0, 0.05) is 24.7 Å². The van der Waals surface area contributed by atoms with Crippen LogP contribution in [0.1, 0.15) is 41.8 Å². The van der Waals surface area contributed by atoms with Crippen LogP contribution >= 0.6 is 0 Å². The van der Waals surface area contributed by atoms with Crippen molar-refractivity contribution in [2.24, 2.45) is 0 Å². The highest BCUT2D eigenvalue weighted by Crippen LogP contribution is 2.27. The number of aliphatic hydroxyl groups is 1. The van der Waals surface area contributed by atoms with Crippen LogP contribution in [0, 0.1) is 13.8 Å². The highest BCUT2D eigenvalue weighted by atomic mass is 16.5. The van der Waals surface area contributed by atoms with Crippen molar-refractivity contribution in [1.29, 1.82) is 0 Å². The van der Waals surface area contributed by atoms with Crippen LogP contribution in [0.4, 0.5) is 0 Å². The molecule has 3 rings (SSSR count). The smallest absolute Gasteiger partial charge is 0.330 e. The van der Waals surface area contributed by atoms with Crippen LogP contribution < -0.4 is 16.6 Å². The third-order valence-electron chi connectivity index (χ3n) is 5.42. The van der Waals surface area contributed by atoms with E-state index in [0.717, 1.165) is 16.7 Å². The zero-order valence-corrected chi connectivity index (χ0v) is 16.9. The Morgan fingerprint density at radius 2 is 2.00 bits per heavy atom. The van der Waals surface area contributed by atoms with E-state index >= 15 is 0 Å². The minimum Gasteiger partial charge on any atom is -0.390 e. The monoisotopic (exact) mass is 401 g/mol. The highest BCUT2D eigenvalue weighted by molar-refractivity contribution is 5.79. The normalized spacial score (nSPS) is 21.3. The van der Waals surface area contributed by atoms with Crippen molar-refractivity contribution in [2.75, 3.05) is 6.54 Å². The van der Waals surface area contributed by atoms with E-state index in [1.165, 1.54) is 10.8 Å². The molecule has 1 aromatic heterocycles. The Morgan fingerprint density at radius 1 is 1.31 bits per heavy atom.